The van der Waals surface area contributed by atoms with Gasteiger partial charge in [-0.1, -0.05) is 24.3 Å². The van der Waals surface area contributed by atoms with Crippen molar-refractivity contribution in [2.24, 2.45) is 5.90 Å². The van der Waals surface area contributed by atoms with Crippen LogP contribution in [0.3, 0.4) is 0 Å². The number of carbonyl (C=O) groups is 2. The van der Waals surface area contributed by atoms with Crippen molar-refractivity contribution in [3.05, 3.63) is 35.4 Å². The van der Waals surface area contributed by atoms with Gasteiger partial charge in [0.15, 0.2) is 0 Å². The molecule has 4 N–H and O–H groups in total. The Balaban J connectivity index is 1.60. The van der Waals surface area contributed by atoms with Gasteiger partial charge in [-0.05, 0) is 36.8 Å². The van der Waals surface area contributed by atoms with Gasteiger partial charge in [0.2, 0.25) is 5.91 Å². The molecular formula is C15H21N3O3. The van der Waals surface area contributed by atoms with E-state index in [4.69, 9.17) is 0 Å². The van der Waals surface area contributed by atoms with E-state index in [1.54, 1.807) is 0 Å². The van der Waals surface area contributed by atoms with Crippen molar-refractivity contribution >= 4 is 12.0 Å². The van der Waals surface area contributed by atoms with E-state index in [-0.39, 0.29) is 11.9 Å². The standard InChI is InChI=1S/C15H21N3O3/c16-21-15(20)17-8-4-3-7-14(19)18-13-9-11-5-1-2-6-12(11)10-13/h1-2,5-6,13H,3-4,7-10,16H2,(H,17,20)(H,18,19). The van der Waals surface area contributed by atoms with Crippen LogP contribution >= 0.6 is 0 Å². The molecule has 0 saturated heterocycles. The highest BCUT2D eigenvalue weighted by Gasteiger charge is 2.21. The van der Waals surface area contributed by atoms with Crippen LogP contribution in [0.15, 0.2) is 24.3 Å². The number of amides is 2. The fourth-order valence-electron chi connectivity index (χ4n) is 2.60. The molecule has 0 fully saturated rings. The number of nitrogens with two attached hydrogens (primary N) is 1. The highest BCUT2D eigenvalue weighted by molar-refractivity contribution is 5.76. The molecule has 1 aromatic carbocycles. The van der Waals surface area contributed by atoms with Crippen LogP contribution in [0.1, 0.15) is 30.4 Å². The fraction of sp³-hybridized carbons (Fsp3) is 0.467. The summed E-state index contributed by atoms with van der Waals surface area (Å²) in [7, 11) is 0. The first-order chi connectivity index (χ1) is 10.2. The Kier molecular flexibility index (Phi) is 5.57. The maximum Gasteiger partial charge on any atom is 0.425 e. The normalized spacial score (nSPS) is 13.6. The number of carbonyl (C=O) groups excluding carboxylic acids is 2. The molecule has 1 aliphatic rings. The molecule has 0 atom stereocenters. The van der Waals surface area contributed by atoms with Crippen molar-refractivity contribution in [1.82, 2.24) is 10.6 Å². The van der Waals surface area contributed by atoms with E-state index in [1.807, 2.05) is 12.1 Å². The van der Waals surface area contributed by atoms with Crippen molar-refractivity contribution < 1.29 is 14.4 Å². The van der Waals surface area contributed by atoms with E-state index in [0.29, 0.717) is 19.4 Å². The van der Waals surface area contributed by atoms with E-state index in [1.165, 1.54) is 11.1 Å². The van der Waals surface area contributed by atoms with E-state index in [0.717, 1.165) is 19.3 Å². The molecule has 0 radical (unpaired) electrons. The Morgan fingerprint density at radius 1 is 1.19 bits per heavy atom. The Morgan fingerprint density at radius 2 is 1.86 bits per heavy atom. The molecule has 0 spiro atoms. The molecule has 114 valence electrons. The fourth-order valence-corrected chi connectivity index (χ4v) is 2.60. The van der Waals surface area contributed by atoms with E-state index in [2.05, 4.69) is 33.5 Å². The third-order valence-electron chi connectivity index (χ3n) is 3.62. The van der Waals surface area contributed by atoms with Crippen molar-refractivity contribution in [2.45, 2.75) is 38.1 Å². The second-order valence-corrected chi connectivity index (χ2v) is 5.23. The lowest BCUT2D eigenvalue weighted by Crippen LogP contribution is -2.35. The predicted octanol–water partition coefficient (Wildman–Crippen LogP) is 1.04. The number of rotatable bonds is 6. The highest BCUT2D eigenvalue weighted by atomic mass is 16.7. The minimum Gasteiger partial charge on any atom is -0.357 e. The largest absolute Gasteiger partial charge is 0.425 e. The molecule has 0 heterocycles. The molecule has 0 bridgehead atoms. The first-order valence-corrected chi connectivity index (χ1v) is 7.19. The Hall–Kier alpha value is -2.08. The Bertz CT molecular complexity index is 480. The summed E-state index contributed by atoms with van der Waals surface area (Å²) in [4.78, 5) is 26.5. The molecule has 6 nitrogen and oxygen atoms in total. The lowest BCUT2D eigenvalue weighted by Gasteiger charge is -2.12. The van der Waals surface area contributed by atoms with Crippen molar-refractivity contribution in [3.8, 4) is 0 Å². The zero-order valence-corrected chi connectivity index (χ0v) is 11.9. The average Bonchev–Trinajstić information content (AvgIpc) is 2.88. The zero-order chi connectivity index (χ0) is 15.1. The van der Waals surface area contributed by atoms with E-state index < -0.39 is 6.09 Å². The van der Waals surface area contributed by atoms with Gasteiger partial charge in [0, 0.05) is 19.0 Å². The van der Waals surface area contributed by atoms with Crippen LogP contribution in [0.2, 0.25) is 0 Å². The molecule has 0 aliphatic heterocycles. The van der Waals surface area contributed by atoms with Gasteiger partial charge in [0.25, 0.3) is 0 Å². The number of fused-ring (bicyclic) bond motifs is 1. The average molecular weight is 291 g/mol. The summed E-state index contributed by atoms with van der Waals surface area (Å²) in [5, 5.41) is 5.54. The summed E-state index contributed by atoms with van der Waals surface area (Å²) < 4.78 is 0. The summed E-state index contributed by atoms with van der Waals surface area (Å²) in [6.45, 7) is 0.457. The quantitative estimate of drug-likeness (QED) is 0.539. The summed E-state index contributed by atoms with van der Waals surface area (Å²) in [5.41, 5.74) is 2.65. The monoisotopic (exact) mass is 291 g/mol. The summed E-state index contributed by atoms with van der Waals surface area (Å²) in [6.07, 6.45) is 3.07. The van der Waals surface area contributed by atoms with E-state index >= 15 is 0 Å². The lowest BCUT2D eigenvalue weighted by molar-refractivity contribution is -0.121. The molecule has 0 aromatic heterocycles. The second-order valence-electron chi connectivity index (χ2n) is 5.23. The topological polar surface area (TPSA) is 93.4 Å². The first-order valence-electron chi connectivity index (χ1n) is 7.19. The molecule has 6 heteroatoms. The van der Waals surface area contributed by atoms with Gasteiger partial charge in [0.05, 0.1) is 0 Å². The van der Waals surface area contributed by atoms with Gasteiger partial charge in [-0.2, -0.15) is 5.90 Å². The summed E-state index contributed by atoms with van der Waals surface area (Å²) in [5.74, 6) is 4.75. The minimum absolute atomic E-state index is 0.0641. The van der Waals surface area contributed by atoms with Gasteiger partial charge in [0.1, 0.15) is 0 Å². The first kappa shape index (κ1) is 15.3. The SMILES string of the molecule is NOC(=O)NCCCCC(=O)NC1Cc2ccccc2C1. The van der Waals surface area contributed by atoms with Gasteiger partial charge in [-0.3, -0.25) is 4.79 Å². The van der Waals surface area contributed by atoms with Gasteiger partial charge < -0.3 is 15.5 Å². The lowest BCUT2D eigenvalue weighted by atomic mass is 10.1. The number of unbranched alkanes of at least 4 members (excludes halogenated alkanes) is 1. The Morgan fingerprint density at radius 3 is 2.48 bits per heavy atom. The van der Waals surface area contributed by atoms with Crippen LogP contribution in [-0.2, 0) is 22.5 Å². The molecular weight excluding hydrogens is 270 g/mol. The molecule has 2 amide bonds. The summed E-state index contributed by atoms with van der Waals surface area (Å²) >= 11 is 0. The van der Waals surface area contributed by atoms with Crippen molar-refractivity contribution in [3.63, 3.8) is 0 Å². The summed E-state index contributed by atoms with van der Waals surface area (Å²) in [6, 6.07) is 8.50. The maximum atomic E-state index is 11.9. The van der Waals surface area contributed by atoms with Crippen molar-refractivity contribution in [2.75, 3.05) is 6.54 Å². The van der Waals surface area contributed by atoms with Crippen LogP contribution in [0, 0.1) is 0 Å². The third-order valence-corrected chi connectivity index (χ3v) is 3.62. The molecule has 2 rings (SSSR count). The van der Waals surface area contributed by atoms with Crippen molar-refractivity contribution in [1.29, 1.82) is 0 Å². The van der Waals surface area contributed by atoms with Gasteiger partial charge in [-0.15, -0.1) is 0 Å². The second kappa shape index (κ2) is 7.64. The van der Waals surface area contributed by atoms with Gasteiger partial charge >= 0.3 is 6.09 Å². The molecule has 1 aliphatic carbocycles. The minimum atomic E-state index is -0.650. The number of hydrogen-bond donors (Lipinski definition) is 3. The third kappa shape index (κ3) is 4.75. The Labute approximate surface area is 124 Å². The predicted molar refractivity (Wildman–Crippen MR) is 78.3 cm³/mol. The maximum absolute atomic E-state index is 11.9. The van der Waals surface area contributed by atoms with Crippen LogP contribution in [0.5, 0.6) is 0 Å². The van der Waals surface area contributed by atoms with Crippen LogP contribution < -0.4 is 16.5 Å². The molecule has 0 saturated carbocycles. The molecule has 1 aromatic rings. The van der Waals surface area contributed by atoms with E-state index in [9.17, 15) is 9.59 Å². The highest BCUT2D eigenvalue weighted by Crippen LogP contribution is 2.21. The van der Waals surface area contributed by atoms with Crippen LogP contribution in [-0.4, -0.2) is 24.6 Å². The number of hydrogen-bond acceptors (Lipinski definition) is 4. The smallest absolute Gasteiger partial charge is 0.357 e. The molecule has 0 unspecified atom stereocenters. The zero-order valence-electron chi connectivity index (χ0n) is 11.9. The number of benzene rings is 1. The molecule has 21 heavy (non-hydrogen) atoms. The van der Waals surface area contributed by atoms with Gasteiger partial charge in [-0.25, -0.2) is 4.79 Å². The van der Waals surface area contributed by atoms with Crippen LogP contribution in [0.25, 0.3) is 0 Å². The number of nitrogens with one attached hydrogen (secondary N) is 2. The van der Waals surface area contributed by atoms with Crippen LogP contribution in [0.4, 0.5) is 4.79 Å².